The van der Waals surface area contributed by atoms with E-state index in [-0.39, 0.29) is 11.4 Å². The molecule has 9 heteroatoms. The summed E-state index contributed by atoms with van der Waals surface area (Å²) in [6.45, 7) is 0. The lowest BCUT2D eigenvalue weighted by atomic mass is 10.2. The number of amides is 1. The molecule has 0 unspecified atom stereocenters. The minimum atomic E-state index is -4.79. The Morgan fingerprint density at radius 1 is 1.04 bits per heavy atom. The van der Waals surface area contributed by atoms with Gasteiger partial charge < -0.3 is 14.8 Å². The molecule has 0 aliphatic carbocycles. The van der Waals surface area contributed by atoms with Crippen molar-refractivity contribution < 1.29 is 27.4 Å². The van der Waals surface area contributed by atoms with Crippen molar-refractivity contribution in [1.82, 2.24) is 9.78 Å². The van der Waals surface area contributed by atoms with E-state index in [0.29, 0.717) is 16.2 Å². The summed E-state index contributed by atoms with van der Waals surface area (Å²) in [7, 11) is 2.85. The maximum absolute atomic E-state index is 13.7. The molecule has 6 nitrogen and oxygen atoms in total. The summed E-state index contributed by atoms with van der Waals surface area (Å²) in [5, 5.41) is 6.20. The van der Waals surface area contributed by atoms with Gasteiger partial charge >= 0.3 is 6.18 Å². The monoisotopic (exact) mass is 391 g/mol. The Hall–Kier alpha value is -3.49. The van der Waals surface area contributed by atoms with Gasteiger partial charge in [-0.05, 0) is 12.1 Å². The van der Waals surface area contributed by atoms with E-state index in [9.17, 15) is 18.0 Å². The van der Waals surface area contributed by atoms with Gasteiger partial charge in [0.05, 0.1) is 31.7 Å². The largest absolute Gasteiger partial charge is 0.497 e. The number of nitrogens with one attached hydrogen (secondary N) is 1. The normalized spacial score (nSPS) is 11.2. The van der Waals surface area contributed by atoms with Crippen molar-refractivity contribution >= 4 is 11.6 Å². The third kappa shape index (κ3) is 3.93. The zero-order valence-corrected chi connectivity index (χ0v) is 14.9. The first-order valence-electron chi connectivity index (χ1n) is 8.08. The van der Waals surface area contributed by atoms with Gasteiger partial charge in [-0.1, -0.05) is 18.2 Å². The first-order valence-corrected chi connectivity index (χ1v) is 8.08. The van der Waals surface area contributed by atoms with Crippen LogP contribution in [0, 0.1) is 0 Å². The van der Waals surface area contributed by atoms with Crippen LogP contribution in [0.2, 0.25) is 0 Å². The topological polar surface area (TPSA) is 65.4 Å². The molecule has 28 heavy (non-hydrogen) atoms. The quantitative estimate of drug-likeness (QED) is 0.709. The van der Waals surface area contributed by atoms with Crippen molar-refractivity contribution in [3.63, 3.8) is 0 Å². The number of para-hydroxylation sites is 1. The average molecular weight is 391 g/mol. The highest BCUT2D eigenvalue weighted by atomic mass is 19.4. The number of hydrogen-bond acceptors (Lipinski definition) is 4. The van der Waals surface area contributed by atoms with E-state index in [1.54, 1.807) is 24.3 Å². The molecule has 1 aromatic heterocycles. The van der Waals surface area contributed by atoms with Crippen LogP contribution in [0.3, 0.4) is 0 Å². The maximum atomic E-state index is 13.7. The molecule has 2 aromatic carbocycles. The van der Waals surface area contributed by atoms with Crippen molar-refractivity contribution in [2.45, 2.75) is 6.18 Å². The second-order valence-corrected chi connectivity index (χ2v) is 5.71. The molecule has 0 spiro atoms. The number of carbonyl (C=O) groups is 1. The Morgan fingerprint density at radius 2 is 1.64 bits per heavy atom. The summed E-state index contributed by atoms with van der Waals surface area (Å²) in [6, 6.07) is 12.3. The number of anilines is 1. The van der Waals surface area contributed by atoms with E-state index < -0.39 is 23.3 Å². The number of nitrogens with zero attached hydrogens (tertiary/aromatic N) is 2. The molecule has 1 amide bonds. The molecule has 1 heterocycles. The molecule has 146 valence electrons. The van der Waals surface area contributed by atoms with Crippen LogP contribution in [0.25, 0.3) is 5.69 Å². The van der Waals surface area contributed by atoms with E-state index in [1.165, 1.54) is 38.5 Å². The van der Waals surface area contributed by atoms with E-state index in [4.69, 9.17) is 9.47 Å². The second-order valence-electron chi connectivity index (χ2n) is 5.71. The highest BCUT2D eigenvalue weighted by Gasteiger charge is 2.40. The fraction of sp³-hybridized carbons (Fsp3) is 0.158. The van der Waals surface area contributed by atoms with Gasteiger partial charge in [0.15, 0.2) is 5.69 Å². The molecular weight excluding hydrogens is 375 g/mol. The third-order valence-electron chi connectivity index (χ3n) is 3.89. The Balaban J connectivity index is 2.00. The molecule has 1 N–H and O–H groups in total. The minimum absolute atomic E-state index is 0.192. The van der Waals surface area contributed by atoms with Gasteiger partial charge in [0.1, 0.15) is 11.5 Å². The van der Waals surface area contributed by atoms with Gasteiger partial charge in [0.25, 0.3) is 5.91 Å². The number of benzene rings is 2. The maximum Gasteiger partial charge on any atom is 0.434 e. The Morgan fingerprint density at radius 3 is 2.18 bits per heavy atom. The van der Waals surface area contributed by atoms with E-state index in [2.05, 4.69) is 10.4 Å². The Labute approximate surface area is 158 Å². The van der Waals surface area contributed by atoms with Crippen LogP contribution in [-0.2, 0) is 6.18 Å². The SMILES string of the molecule is COc1cc(NC(=O)c2cnn(-c3ccccc3)c2C(F)(F)F)cc(OC)c1. The van der Waals surface area contributed by atoms with Gasteiger partial charge in [-0.3, -0.25) is 4.79 Å². The zero-order valence-electron chi connectivity index (χ0n) is 14.9. The Bertz CT molecular complexity index is 963. The van der Waals surface area contributed by atoms with E-state index in [1.807, 2.05) is 0 Å². The first kappa shape index (κ1) is 19.3. The fourth-order valence-electron chi connectivity index (χ4n) is 2.63. The summed E-state index contributed by atoms with van der Waals surface area (Å²) in [5.41, 5.74) is -1.34. The smallest absolute Gasteiger partial charge is 0.434 e. The number of aromatic nitrogens is 2. The van der Waals surface area contributed by atoms with E-state index >= 15 is 0 Å². The van der Waals surface area contributed by atoms with Crippen molar-refractivity contribution in [1.29, 1.82) is 0 Å². The summed E-state index contributed by atoms with van der Waals surface area (Å²) >= 11 is 0. The molecule has 3 rings (SSSR count). The third-order valence-corrected chi connectivity index (χ3v) is 3.89. The summed E-state index contributed by atoms with van der Waals surface area (Å²) in [4.78, 5) is 12.6. The molecule has 0 radical (unpaired) electrons. The summed E-state index contributed by atoms with van der Waals surface area (Å²) < 4.78 is 51.9. The van der Waals surface area contributed by atoms with Gasteiger partial charge in [-0.2, -0.15) is 18.3 Å². The number of rotatable bonds is 5. The predicted octanol–water partition coefficient (Wildman–Crippen LogP) is 4.16. The van der Waals surface area contributed by atoms with E-state index in [0.717, 1.165) is 6.20 Å². The van der Waals surface area contributed by atoms with Crippen molar-refractivity contribution in [2.75, 3.05) is 19.5 Å². The molecule has 0 saturated carbocycles. The molecule has 0 aliphatic heterocycles. The first-order chi connectivity index (χ1) is 13.3. The van der Waals surface area contributed by atoms with Crippen LogP contribution in [0.5, 0.6) is 11.5 Å². The van der Waals surface area contributed by atoms with Crippen molar-refractivity contribution in [2.24, 2.45) is 0 Å². The van der Waals surface area contributed by atoms with Crippen LogP contribution >= 0.6 is 0 Å². The molecule has 0 saturated heterocycles. The summed E-state index contributed by atoms with van der Waals surface area (Å²) in [5.74, 6) is -0.193. The lowest BCUT2D eigenvalue weighted by Gasteiger charge is -2.13. The fourth-order valence-corrected chi connectivity index (χ4v) is 2.63. The summed E-state index contributed by atoms with van der Waals surface area (Å²) in [6.07, 6.45) is -3.90. The van der Waals surface area contributed by atoms with Crippen molar-refractivity contribution in [3.05, 3.63) is 66.0 Å². The van der Waals surface area contributed by atoms with Crippen LogP contribution in [0.1, 0.15) is 16.1 Å². The standard InChI is InChI=1S/C19H16F3N3O3/c1-27-14-8-12(9-15(10-14)28-2)24-18(26)16-11-23-25(17(16)19(20,21)22)13-6-4-3-5-7-13/h3-11H,1-2H3,(H,24,26). The number of ether oxygens (including phenoxy) is 2. The number of halogens is 3. The van der Waals surface area contributed by atoms with Gasteiger partial charge in [-0.25, -0.2) is 4.68 Å². The van der Waals surface area contributed by atoms with Crippen LogP contribution in [0.4, 0.5) is 18.9 Å². The molecule has 0 atom stereocenters. The number of carbonyl (C=O) groups excluding carboxylic acids is 1. The minimum Gasteiger partial charge on any atom is -0.497 e. The second kappa shape index (κ2) is 7.63. The number of hydrogen-bond donors (Lipinski definition) is 1. The highest BCUT2D eigenvalue weighted by Crippen LogP contribution is 2.34. The van der Waals surface area contributed by atoms with Gasteiger partial charge in [0.2, 0.25) is 0 Å². The molecule has 0 fully saturated rings. The molecule has 0 bridgehead atoms. The van der Waals surface area contributed by atoms with Crippen LogP contribution in [-0.4, -0.2) is 29.9 Å². The van der Waals surface area contributed by atoms with Crippen LogP contribution < -0.4 is 14.8 Å². The lowest BCUT2D eigenvalue weighted by Crippen LogP contribution is -2.20. The van der Waals surface area contributed by atoms with Gasteiger partial charge in [-0.15, -0.1) is 0 Å². The highest BCUT2D eigenvalue weighted by molar-refractivity contribution is 6.05. The Kier molecular flexibility index (Phi) is 5.25. The number of methoxy groups -OCH3 is 2. The lowest BCUT2D eigenvalue weighted by molar-refractivity contribution is -0.143. The molecule has 0 aliphatic rings. The zero-order chi connectivity index (χ0) is 20.3. The molecular formula is C19H16F3N3O3. The molecule has 3 aromatic rings. The van der Waals surface area contributed by atoms with Crippen LogP contribution in [0.15, 0.2) is 54.7 Å². The average Bonchev–Trinajstić information content (AvgIpc) is 3.14. The number of alkyl halides is 3. The van der Waals surface area contributed by atoms with Gasteiger partial charge in [0, 0.05) is 23.9 Å². The predicted molar refractivity (Wildman–Crippen MR) is 96.1 cm³/mol. The van der Waals surface area contributed by atoms with Crippen molar-refractivity contribution in [3.8, 4) is 17.2 Å².